The Hall–Kier alpha value is -2.24. The molecular formula is C11H7F5N2O2. The highest BCUT2D eigenvalue weighted by Gasteiger charge is 2.36. The predicted molar refractivity (Wildman–Crippen MR) is 54.6 cm³/mol. The summed E-state index contributed by atoms with van der Waals surface area (Å²) < 4.78 is 67.7. The Balaban J connectivity index is 3.49. The van der Waals surface area contributed by atoms with Crippen molar-refractivity contribution in [1.29, 1.82) is 5.26 Å². The minimum Gasteiger partial charge on any atom is -0.469 e. The zero-order valence-corrected chi connectivity index (χ0v) is 9.96. The number of alkyl halides is 5. The van der Waals surface area contributed by atoms with Gasteiger partial charge in [-0.3, -0.25) is 4.79 Å². The fourth-order valence-electron chi connectivity index (χ4n) is 1.41. The first-order valence-electron chi connectivity index (χ1n) is 5.06. The van der Waals surface area contributed by atoms with Gasteiger partial charge in [-0.25, -0.2) is 13.8 Å². The smallest absolute Gasteiger partial charge is 0.418 e. The number of hydrogen-bond acceptors (Lipinski definition) is 4. The van der Waals surface area contributed by atoms with Crippen LogP contribution in [0, 0.1) is 11.3 Å². The van der Waals surface area contributed by atoms with E-state index in [0.29, 0.717) is 0 Å². The Morgan fingerprint density at radius 1 is 1.50 bits per heavy atom. The molecule has 0 bridgehead atoms. The molecule has 1 heterocycles. The van der Waals surface area contributed by atoms with Gasteiger partial charge in [0.05, 0.1) is 30.4 Å². The molecule has 0 aliphatic rings. The number of aromatic nitrogens is 1. The number of pyridine rings is 1. The van der Waals surface area contributed by atoms with Crippen molar-refractivity contribution >= 4 is 5.97 Å². The van der Waals surface area contributed by atoms with Crippen LogP contribution in [0.25, 0.3) is 0 Å². The summed E-state index contributed by atoms with van der Waals surface area (Å²) in [4.78, 5) is 14.1. The number of hydrogen-bond donors (Lipinski definition) is 0. The normalized spacial score (nSPS) is 11.3. The molecule has 0 saturated carbocycles. The zero-order chi connectivity index (χ0) is 15.5. The third-order valence-corrected chi connectivity index (χ3v) is 2.30. The summed E-state index contributed by atoms with van der Waals surface area (Å²) in [6.07, 6.45) is -9.08. The molecule has 1 aromatic rings. The van der Waals surface area contributed by atoms with Gasteiger partial charge in [-0.15, -0.1) is 0 Å². The van der Waals surface area contributed by atoms with E-state index in [9.17, 15) is 26.7 Å². The van der Waals surface area contributed by atoms with E-state index in [1.54, 1.807) is 0 Å². The molecule has 1 rings (SSSR count). The van der Waals surface area contributed by atoms with Gasteiger partial charge >= 0.3 is 12.1 Å². The molecule has 1 aromatic heterocycles. The van der Waals surface area contributed by atoms with E-state index < -0.39 is 47.5 Å². The van der Waals surface area contributed by atoms with E-state index in [0.717, 1.165) is 7.11 Å². The molecule has 0 N–H and O–H groups in total. The predicted octanol–water partition coefficient (Wildman–Crippen LogP) is 2.63. The number of ether oxygens (including phenoxy) is 1. The third kappa shape index (κ3) is 3.40. The summed E-state index contributed by atoms with van der Waals surface area (Å²) in [6.45, 7) is 0. The van der Waals surface area contributed by atoms with Gasteiger partial charge in [0.2, 0.25) is 0 Å². The summed E-state index contributed by atoms with van der Waals surface area (Å²) in [5, 5.41) is 8.59. The Morgan fingerprint density at radius 3 is 2.50 bits per heavy atom. The lowest BCUT2D eigenvalue weighted by atomic mass is 10.1. The van der Waals surface area contributed by atoms with Gasteiger partial charge in [-0.05, 0) is 6.07 Å². The van der Waals surface area contributed by atoms with Crippen LogP contribution in [0.5, 0.6) is 0 Å². The van der Waals surface area contributed by atoms with Gasteiger partial charge in [0.1, 0.15) is 11.8 Å². The molecule has 0 aliphatic heterocycles. The summed E-state index contributed by atoms with van der Waals surface area (Å²) in [5.74, 6) is -1.06. The molecule has 0 amide bonds. The van der Waals surface area contributed by atoms with Crippen molar-refractivity contribution in [2.24, 2.45) is 0 Å². The number of nitriles is 1. The van der Waals surface area contributed by atoms with Crippen LogP contribution in [0.2, 0.25) is 0 Å². The number of carbonyl (C=O) groups is 1. The Kier molecular flexibility index (Phi) is 4.60. The molecular weight excluding hydrogens is 287 g/mol. The quantitative estimate of drug-likeness (QED) is 0.635. The number of rotatable bonds is 3. The van der Waals surface area contributed by atoms with Gasteiger partial charge in [-0.1, -0.05) is 0 Å². The second kappa shape index (κ2) is 5.81. The van der Waals surface area contributed by atoms with Crippen molar-refractivity contribution in [1.82, 2.24) is 4.98 Å². The molecule has 0 unspecified atom stereocenters. The van der Waals surface area contributed by atoms with E-state index in [4.69, 9.17) is 5.26 Å². The zero-order valence-electron chi connectivity index (χ0n) is 9.96. The molecule has 0 radical (unpaired) electrons. The molecule has 0 spiro atoms. The number of esters is 1. The molecule has 0 aliphatic carbocycles. The maximum Gasteiger partial charge on any atom is 0.418 e. The number of nitrogens with zero attached hydrogens (tertiary/aromatic N) is 2. The number of methoxy groups -OCH3 is 1. The lowest BCUT2D eigenvalue weighted by Gasteiger charge is -2.14. The second-order valence-electron chi connectivity index (χ2n) is 3.58. The molecule has 0 fully saturated rings. The standard InChI is InChI=1S/C11H7F5N2O2/c1-20-8(19)3-7-6(11(14,15)16)2-5(4-17)9(18-7)10(12)13/h2,10H,3H2,1H3. The molecule has 0 atom stereocenters. The van der Waals surface area contributed by atoms with Crippen LogP contribution in [-0.2, 0) is 22.1 Å². The third-order valence-electron chi connectivity index (χ3n) is 2.30. The number of carbonyl (C=O) groups excluding carboxylic acids is 1. The van der Waals surface area contributed by atoms with E-state index >= 15 is 0 Å². The van der Waals surface area contributed by atoms with Gasteiger partial charge < -0.3 is 4.74 Å². The summed E-state index contributed by atoms with van der Waals surface area (Å²) in [7, 11) is 0.938. The molecule has 20 heavy (non-hydrogen) atoms. The Labute approximate surface area is 109 Å². The van der Waals surface area contributed by atoms with Crippen LogP contribution in [-0.4, -0.2) is 18.1 Å². The van der Waals surface area contributed by atoms with Gasteiger partial charge in [-0.2, -0.15) is 18.4 Å². The van der Waals surface area contributed by atoms with E-state index in [1.807, 2.05) is 0 Å². The minimum absolute atomic E-state index is 0.257. The lowest BCUT2D eigenvalue weighted by Crippen LogP contribution is -2.17. The van der Waals surface area contributed by atoms with Crippen molar-refractivity contribution in [3.05, 3.63) is 28.6 Å². The minimum atomic E-state index is -4.93. The number of halogens is 5. The average molecular weight is 294 g/mol. The highest BCUT2D eigenvalue weighted by atomic mass is 19.4. The van der Waals surface area contributed by atoms with E-state index in [1.165, 1.54) is 6.07 Å². The fraction of sp³-hybridized carbons (Fsp3) is 0.364. The highest BCUT2D eigenvalue weighted by Crippen LogP contribution is 2.34. The lowest BCUT2D eigenvalue weighted by molar-refractivity contribution is -0.141. The van der Waals surface area contributed by atoms with Crippen LogP contribution >= 0.6 is 0 Å². The van der Waals surface area contributed by atoms with Gasteiger partial charge in [0, 0.05) is 0 Å². The fourth-order valence-corrected chi connectivity index (χ4v) is 1.41. The topological polar surface area (TPSA) is 63.0 Å². The molecule has 0 aromatic carbocycles. The van der Waals surface area contributed by atoms with Gasteiger partial charge in [0.25, 0.3) is 6.43 Å². The summed E-state index contributed by atoms with van der Waals surface area (Å²) >= 11 is 0. The molecule has 0 saturated heterocycles. The van der Waals surface area contributed by atoms with Crippen molar-refractivity contribution in [3.63, 3.8) is 0 Å². The largest absolute Gasteiger partial charge is 0.469 e. The SMILES string of the molecule is COC(=O)Cc1nc(C(F)F)c(C#N)cc1C(F)(F)F. The van der Waals surface area contributed by atoms with Crippen LogP contribution in [0.15, 0.2) is 6.07 Å². The highest BCUT2D eigenvalue weighted by molar-refractivity contribution is 5.72. The first kappa shape index (κ1) is 15.8. The maximum atomic E-state index is 12.8. The van der Waals surface area contributed by atoms with E-state index in [-0.39, 0.29) is 6.07 Å². The summed E-state index contributed by atoms with van der Waals surface area (Å²) in [6, 6.07) is 1.48. The van der Waals surface area contributed by atoms with Crippen LogP contribution in [0.3, 0.4) is 0 Å². The molecule has 9 heteroatoms. The van der Waals surface area contributed by atoms with Gasteiger partial charge in [0.15, 0.2) is 0 Å². The average Bonchev–Trinajstić information content (AvgIpc) is 2.36. The second-order valence-corrected chi connectivity index (χ2v) is 3.58. The maximum absolute atomic E-state index is 12.8. The summed E-state index contributed by atoms with van der Waals surface area (Å²) in [5.41, 5.74) is -4.30. The van der Waals surface area contributed by atoms with Crippen LogP contribution in [0.1, 0.15) is 28.9 Å². The van der Waals surface area contributed by atoms with Crippen molar-refractivity contribution in [2.45, 2.75) is 19.0 Å². The first-order chi connectivity index (χ1) is 9.20. The van der Waals surface area contributed by atoms with Crippen LogP contribution in [0.4, 0.5) is 22.0 Å². The molecule has 108 valence electrons. The van der Waals surface area contributed by atoms with Crippen molar-refractivity contribution < 1.29 is 31.5 Å². The molecule has 4 nitrogen and oxygen atoms in total. The van der Waals surface area contributed by atoms with Crippen LogP contribution < -0.4 is 0 Å². The van der Waals surface area contributed by atoms with E-state index in [2.05, 4.69) is 9.72 Å². The monoisotopic (exact) mass is 294 g/mol. The Bertz CT molecular complexity index is 563. The van der Waals surface area contributed by atoms with Crippen molar-refractivity contribution in [3.8, 4) is 6.07 Å². The first-order valence-corrected chi connectivity index (χ1v) is 5.06. The van der Waals surface area contributed by atoms with Crippen molar-refractivity contribution in [2.75, 3.05) is 7.11 Å². The Morgan fingerprint density at radius 2 is 2.10 bits per heavy atom.